The second-order valence-corrected chi connectivity index (χ2v) is 10.3. The maximum absolute atomic E-state index is 12.2. The lowest BCUT2D eigenvalue weighted by Crippen LogP contribution is -2.39. The van der Waals surface area contributed by atoms with Gasteiger partial charge in [0.05, 0.1) is 29.5 Å². The number of aldehydes is 1. The van der Waals surface area contributed by atoms with E-state index in [-0.39, 0.29) is 22.7 Å². The first-order valence-corrected chi connectivity index (χ1v) is 13.4. The molecule has 1 aliphatic rings. The molecule has 1 amide bonds. The molecule has 2 unspecified atom stereocenters. The highest BCUT2D eigenvalue weighted by Gasteiger charge is 2.31. The third kappa shape index (κ3) is 6.20. The minimum absolute atomic E-state index is 0.00531. The van der Waals surface area contributed by atoms with Gasteiger partial charge in [-0.25, -0.2) is 8.42 Å². The van der Waals surface area contributed by atoms with Gasteiger partial charge in [0.25, 0.3) is 5.91 Å². The summed E-state index contributed by atoms with van der Waals surface area (Å²) in [5.41, 5.74) is 4.05. The number of hydrogen-bond donors (Lipinski definition) is 2. The van der Waals surface area contributed by atoms with Gasteiger partial charge >= 0.3 is 0 Å². The molecule has 2 heterocycles. The number of rotatable bonds is 9. The number of anilines is 1. The topological polar surface area (TPSA) is 109 Å². The highest BCUT2D eigenvalue weighted by Crippen LogP contribution is 2.32. The number of benzene rings is 2. The van der Waals surface area contributed by atoms with Crippen LogP contribution < -0.4 is 5.32 Å². The van der Waals surface area contributed by atoms with Crippen molar-refractivity contribution in [2.24, 2.45) is 5.10 Å². The molecule has 8 nitrogen and oxygen atoms in total. The summed E-state index contributed by atoms with van der Waals surface area (Å²) in [6.07, 6.45) is 3.15. The van der Waals surface area contributed by atoms with Gasteiger partial charge in [-0.05, 0) is 47.4 Å². The molecule has 4 rings (SSSR count). The first kappa shape index (κ1) is 24.7. The maximum Gasteiger partial charge on any atom is 0.291 e. The van der Waals surface area contributed by atoms with E-state index in [1.807, 2.05) is 24.3 Å². The summed E-state index contributed by atoms with van der Waals surface area (Å²) in [5.74, 6) is -0.0922. The molecule has 0 saturated heterocycles. The van der Waals surface area contributed by atoms with E-state index in [0.29, 0.717) is 12.2 Å². The van der Waals surface area contributed by atoms with Gasteiger partial charge in [0.15, 0.2) is 12.0 Å². The fourth-order valence-corrected chi connectivity index (χ4v) is 5.41. The van der Waals surface area contributed by atoms with Crippen LogP contribution in [-0.4, -0.2) is 42.0 Å². The highest BCUT2D eigenvalue weighted by atomic mass is 32.2. The molecule has 0 radical (unpaired) electrons. The Balaban J connectivity index is 1.52. The third-order valence-corrected chi connectivity index (χ3v) is 7.63. The van der Waals surface area contributed by atoms with Crippen molar-refractivity contribution in [2.45, 2.75) is 36.3 Å². The largest absolute Gasteiger partial charge is 0.459 e. The zero-order valence-electron chi connectivity index (χ0n) is 19.0. The molecule has 1 N–H and O–H groups in total. The Kier molecular flexibility index (Phi) is 8.04. The van der Waals surface area contributed by atoms with Crippen molar-refractivity contribution in [3.8, 4) is 0 Å². The van der Waals surface area contributed by atoms with Crippen molar-refractivity contribution in [3.63, 3.8) is 0 Å². The molecular weight excluding hydrogens is 486 g/mol. The minimum atomic E-state index is -2.48. The van der Waals surface area contributed by atoms with Gasteiger partial charge in [0.2, 0.25) is 0 Å². The summed E-state index contributed by atoms with van der Waals surface area (Å²) in [6.45, 7) is 2.47. The maximum atomic E-state index is 12.2. The molecule has 2 atom stereocenters. The number of nitrogens with one attached hydrogen (secondary N) is 1. The van der Waals surface area contributed by atoms with Crippen LogP contribution in [0.5, 0.6) is 0 Å². The SMILES string of the molecule is CCC1SC(C=O)N(Cc2ccc(NC(=O)c3ccco3)cc2)N=C1c1ccc(C[SH](=O)=O)cc1. The molecule has 3 aromatic rings. The molecule has 35 heavy (non-hydrogen) atoms. The summed E-state index contributed by atoms with van der Waals surface area (Å²) in [7, 11) is -2.48. The molecule has 1 aromatic heterocycles. The third-order valence-electron chi connectivity index (χ3n) is 5.49. The minimum Gasteiger partial charge on any atom is -0.459 e. The lowest BCUT2D eigenvalue weighted by Gasteiger charge is -2.34. The first-order valence-electron chi connectivity index (χ1n) is 11.1. The van der Waals surface area contributed by atoms with E-state index in [0.717, 1.165) is 35.1 Å². The molecule has 0 spiro atoms. The summed E-state index contributed by atoms with van der Waals surface area (Å²) in [5, 5.41) is 9.01. The molecule has 10 heteroatoms. The van der Waals surface area contributed by atoms with Crippen molar-refractivity contribution in [1.82, 2.24) is 5.01 Å². The predicted octanol–water partition coefficient (Wildman–Crippen LogP) is 3.90. The molecular formula is C25H25N3O5S2. The van der Waals surface area contributed by atoms with Crippen molar-refractivity contribution in [3.05, 3.63) is 89.4 Å². The monoisotopic (exact) mass is 511 g/mol. The standard InChI is InChI=1S/C25H25N3O5S2/c1-2-22-24(19-9-5-18(6-10-19)16-35(31)32)27-28(23(15-29)34-22)14-17-7-11-20(12-8-17)26-25(30)21-4-3-13-33-21/h3-13,15,22-23,35H,2,14,16H2,1H3,(H,26,30). The average molecular weight is 512 g/mol. The van der Waals surface area contributed by atoms with E-state index in [4.69, 9.17) is 9.52 Å². The van der Waals surface area contributed by atoms with Crippen LogP contribution in [0, 0.1) is 0 Å². The number of carbonyl (C=O) groups is 2. The Labute approximate surface area is 209 Å². The summed E-state index contributed by atoms with van der Waals surface area (Å²) in [6, 6.07) is 17.9. The molecule has 1 aliphatic heterocycles. The van der Waals surface area contributed by atoms with Crippen LogP contribution in [0.3, 0.4) is 0 Å². The summed E-state index contributed by atoms with van der Waals surface area (Å²) in [4.78, 5) is 24.0. The number of thiol groups is 1. The fraction of sp³-hybridized carbons (Fsp3) is 0.240. The average Bonchev–Trinajstić information content (AvgIpc) is 3.40. The van der Waals surface area contributed by atoms with Gasteiger partial charge in [0.1, 0.15) is 16.1 Å². The van der Waals surface area contributed by atoms with Crippen molar-refractivity contribution in [1.29, 1.82) is 0 Å². The van der Waals surface area contributed by atoms with Crippen molar-refractivity contribution in [2.75, 3.05) is 5.32 Å². The van der Waals surface area contributed by atoms with Crippen LogP contribution in [-0.2, 0) is 27.8 Å². The van der Waals surface area contributed by atoms with Crippen LogP contribution in [0.25, 0.3) is 0 Å². The molecule has 0 aliphatic carbocycles. The summed E-state index contributed by atoms with van der Waals surface area (Å²) >= 11 is 1.55. The Hall–Kier alpha value is -3.37. The second kappa shape index (κ2) is 11.4. The number of furan rings is 1. The van der Waals surface area contributed by atoms with Crippen molar-refractivity contribution < 1.29 is 22.4 Å². The number of amides is 1. The quantitative estimate of drug-likeness (QED) is 0.331. The number of carbonyl (C=O) groups excluding carboxylic acids is 2. The number of nitrogens with zero attached hydrogens (tertiary/aromatic N) is 2. The van der Waals surface area contributed by atoms with E-state index in [1.54, 1.807) is 53.2 Å². The number of thioether (sulfide) groups is 1. The Bertz CT molecular complexity index is 1260. The van der Waals surface area contributed by atoms with Gasteiger partial charge in [-0.2, -0.15) is 5.10 Å². The fourth-order valence-electron chi connectivity index (χ4n) is 3.73. The van der Waals surface area contributed by atoms with Crippen molar-refractivity contribution >= 4 is 46.1 Å². The number of hydrazone groups is 1. The second-order valence-electron chi connectivity index (χ2n) is 7.96. The van der Waals surface area contributed by atoms with Crippen LogP contribution in [0.1, 0.15) is 40.6 Å². The van der Waals surface area contributed by atoms with Gasteiger partial charge in [-0.1, -0.05) is 43.3 Å². The Morgan fingerprint density at radius 3 is 2.43 bits per heavy atom. The molecule has 0 fully saturated rings. The van der Waals surface area contributed by atoms with E-state index < -0.39 is 16.1 Å². The normalized spacial score (nSPS) is 17.8. The highest BCUT2D eigenvalue weighted by molar-refractivity contribution is 8.01. The lowest BCUT2D eigenvalue weighted by atomic mass is 10.0. The van der Waals surface area contributed by atoms with E-state index in [9.17, 15) is 18.0 Å². The van der Waals surface area contributed by atoms with Crippen LogP contribution in [0.2, 0.25) is 0 Å². The van der Waals surface area contributed by atoms with E-state index in [2.05, 4.69) is 12.2 Å². The van der Waals surface area contributed by atoms with Gasteiger partial charge < -0.3 is 14.5 Å². The van der Waals surface area contributed by atoms with E-state index in [1.165, 1.54) is 6.26 Å². The molecule has 182 valence electrons. The summed E-state index contributed by atoms with van der Waals surface area (Å²) < 4.78 is 27.1. The Morgan fingerprint density at radius 1 is 1.11 bits per heavy atom. The smallest absolute Gasteiger partial charge is 0.291 e. The van der Waals surface area contributed by atoms with Crippen LogP contribution in [0.15, 0.2) is 76.4 Å². The van der Waals surface area contributed by atoms with Gasteiger partial charge in [-0.15, -0.1) is 11.8 Å². The zero-order chi connectivity index (χ0) is 24.8. The van der Waals surface area contributed by atoms with Gasteiger partial charge in [-0.3, -0.25) is 9.80 Å². The van der Waals surface area contributed by atoms with Crippen LogP contribution >= 0.6 is 11.8 Å². The predicted molar refractivity (Wildman–Crippen MR) is 137 cm³/mol. The number of hydrogen-bond acceptors (Lipinski definition) is 8. The van der Waals surface area contributed by atoms with E-state index >= 15 is 0 Å². The van der Waals surface area contributed by atoms with Gasteiger partial charge in [0, 0.05) is 5.69 Å². The molecule has 0 bridgehead atoms. The zero-order valence-corrected chi connectivity index (χ0v) is 20.7. The Morgan fingerprint density at radius 2 is 1.83 bits per heavy atom. The lowest BCUT2D eigenvalue weighted by molar-refractivity contribution is -0.110. The molecule has 0 saturated carbocycles. The van der Waals surface area contributed by atoms with Crippen LogP contribution in [0.4, 0.5) is 5.69 Å². The first-order chi connectivity index (χ1) is 17.0. The molecule has 2 aromatic carbocycles.